The van der Waals surface area contributed by atoms with Crippen LogP contribution in [0.4, 0.5) is 4.79 Å². The summed E-state index contributed by atoms with van der Waals surface area (Å²) < 4.78 is 4.91. The predicted molar refractivity (Wildman–Crippen MR) is 66.4 cm³/mol. The van der Waals surface area contributed by atoms with Crippen molar-refractivity contribution in [3.8, 4) is 0 Å². The molecule has 0 saturated heterocycles. The molecule has 2 aliphatic heterocycles. The van der Waals surface area contributed by atoms with Gasteiger partial charge in [-0.3, -0.25) is 0 Å². The van der Waals surface area contributed by atoms with E-state index < -0.39 is 6.16 Å². The van der Waals surface area contributed by atoms with Gasteiger partial charge in [0.05, 0.1) is 6.04 Å². The van der Waals surface area contributed by atoms with Crippen LogP contribution in [0.25, 0.3) is 0 Å². The van der Waals surface area contributed by atoms with Gasteiger partial charge < -0.3 is 14.7 Å². The molecule has 18 heavy (non-hydrogen) atoms. The number of carbonyl (C=O) groups is 1. The lowest BCUT2D eigenvalue weighted by Crippen LogP contribution is -2.41. The summed E-state index contributed by atoms with van der Waals surface area (Å²) in [4.78, 5) is 12.7. The Morgan fingerprint density at radius 2 is 2.22 bits per heavy atom. The zero-order valence-corrected chi connectivity index (χ0v) is 9.69. The maximum Gasteiger partial charge on any atom is 0.511 e. The average Bonchev–Trinajstić information content (AvgIpc) is 2.38. The number of allylic oxidation sites excluding steroid dienone is 6. The maximum atomic E-state index is 10.7. The summed E-state index contributed by atoms with van der Waals surface area (Å²) in [6.45, 7) is 0. The molecule has 4 heteroatoms. The van der Waals surface area contributed by atoms with Gasteiger partial charge in [-0.05, 0) is 30.2 Å². The second-order valence-electron chi connectivity index (χ2n) is 4.42. The van der Waals surface area contributed by atoms with Crippen LogP contribution in [-0.4, -0.2) is 22.2 Å². The fraction of sp³-hybridized carbons (Fsp3) is 0.214. The van der Waals surface area contributed by atoms with Gasteiger partial charge in [0.25, 0.3) is 0 Å². The molecule has 3 aliphatic rings. The molecule has 0 spiro atoms. The second kappa shape index (κ2) is 4.22. The highest BCUT2D eigenvalue weighted by molar-refractivity contribution is 5.59. The van der Waals surface area contributed by atoms with E-state index in [9.17, 15) is 4.79 Å². The van der Waals surface area contributed by atoms with Gasteiger partial charge >= 0.3 is 6.16 Å². The Kier molecular flexibility index (Phi) is 2.55. The van der Waals surface area contributed by atoms with Crippen LogP contribution >= 0.6 is 0 Å². The molecule has 0 aromatic carbocycles. The Bertz CT molecular complexity index is 525. The highest BCUT2D eigenvalue weighted by Gasteiger charge is 2.36. The van der Waals surface area contributed by atoms with Crippen LogP contribution in [-0.2, 0) is 4.74 Å². The van der Waals surface area contributed by atoms with E-state index in [2.05, 4.69) is 18.2 Å². The van der Waals surface area contributed by atoms with E-state index in [1.165, 1.54) is 5.57 Å². The summed E-state index contributed by atoms with van der Waals surface area (Å²) in [6.07, 6.45) is 15.3. The third-order valence-corrected chi connectivity index (χ3v) is 3.40. The molecule has 0 aromatic rings. The third-order valence-electron chi connectivity index (χ3n) is 3.40. The molecule has 0 aromatic heterocycles. The van der Waals surface area contributed by atoms with Gasteiger partial charge in [0, 0.05) is 18.3 Å². The summed E-state index contributed by atoms with van der Waals surface area (Å²) in [5.74, 6) is 0.732. The molecule has 3 rings (SSSR count). The van der Waals surface area contributed by atoms with Crippen molar-refractivity contribution >= 4 is 6.16 Å². The van der Waals surface area contributed by atoms with Gasteiger partial charge in [0.15, 0.2) is 0 Å². The quantitative estimate of drug-likeness (QED) is 0.719. The van der Waals surface area contributed by atoms with Crippen LogP contribution in [0, 0.1) is 5.92 Å². The highest BCUT2D eigenvalue weighted by Crippen LogP contribution is 2.37. The fourth-order valence-corrected chi connectivity index (χ4v) is 2.65. The van der Waals surface area contributed by atoms with Gasteiger partial charge in [-0.15, -0.1) is 0 Å². The first kappa shape index (κ1) is 10.9. The lowest BCUT2D eigenvalue weighted by molar-refractivity contribution is 0.0990. The van der Waals surface area contributed by atoms with Gasteiger partial charge in [-0.1, -0.05) is 18.2 Å². The van der Waals surface area contributed by atoms with Gasteiger partial charge in [-0.25, -0.2) is 4.79 Å². The highest BCUT2D eigenvalue weighted by atomic mass is 16.7. The zero-order valence-electron chi connectivity index (χ0n) is 9.69. The molecule has 2 unspecified atom stereocenters. The molecular formula is C14H13NO3. The second-order valence-corrected chi connectivity index (χ2v) is 4.42. The zero-order chi connectivity index (χ0) is 12.5. The van der Waals surface area contributed by atoms with Gasteiger partial charge in [0.2, 0.25) is 0 Å². The molecule has 2 heterocycles. The maximum absolute atomic E-state index is 10.7. The van der Waals surface area contributed by atoms with E-state index in [-0.39, 0.29) is 12.0 Å². The Balaban J connectivity index is 1.96. The minimum Gasteiger partial charge on any atom is -0.449 e. The van der Waals surface area contributed by atoms with Crippen LogP contribution < -0.4 is 0 Å². The topological polar surface area (TPSA) is 49.8 Å². The van der Waals surface area contributed by atoms with E-state index in [1.54, 1.807) is 12.2 Å². The van der Waals surface area contributed by atoms with Gasteiger partial charge in [-0.2, -0.15) is 0 Å². The largest absolute Gasteiger partial charge is 0.511 e. The third kappa shape index (κ3) is 1.76. The normalized spacial score (nSPS) is 28.1. The molecule has 2 atom stereocenters. The van der Waals surface area contributed by atoms with Gasteiger partial charge in [0.1, 0.15) is 5.76 Å². The molecule has 0 amide bonds. The van der Waals surface area contributed by atoms with Crippen molar-refractivity contribution in [3.05, 3.63) is 60.2 Å². The molecule has 1 aliphatic carbocycles. The molecule has 0 bridgehead atoms. The van der Waals surface area contributed by atoms with Crippen LogP contribution in [0.2, 0.25) is 0 Å². The number of nitrogens with zero attached hydrogens (tertiary/aromatic N) is 1. The summed E-state index contributed by atoms with van der Waals surface area (Å²) >= 11 is 0. The SMILES string of the molecule is O=C(O)OC1=CC=CN2C=CC3=CC=CCC3C12. The minimum absolute atomic E-state index is 0.0627. The van der Waals surface area contributed by atoms with E-state index in [1.807, 2.05) is 23.4 Å². The van der Waals surface area contributed by atoms with E-state index >= 15 is 0 Å². The molecule has 92 valence electrons. The fourth-order valence-electron chi connectivity index (χ4n) is 2.65. The number of hydrogen-bond donors (Lipinski definition) is 1. The minimum atomic E-state index is -1.26. The van der Waals surface area contributed by atoms with Crippen molar-refractivity contribution in [2.75, 3.05) is 0 Å². The van der Waals surface area contributed by atoms with Crippen molar-refractivity contribution in [2.24, 2.45) is 5.92 Å². The first-order chi connectivity index (χ1) is 8.75. The molecule has 1 N–H and O–H groups in total. The van der Waals surface area contributed by atoms with Crippen molar-refractivity contribution in [1.29, 1.82) is 0 Å². The van der Waals surface area contributed by atoms with E-state index in [0.29, 0.717) is 5.76 Å². The van der Waals surface area contributed by atoms with Crippen molar-refractivity contribution in [1.82, 2.24) is 4.90 Å². The van der Waals surface area contributed by atoms with Crippen LogP contribution in [0.3, 0.4) is 0 Å². The first-order valence-electron chi connectivity index (χ1n) is 5.87. The molecular weight excluding hydrogens is 230 g/mol. The van der Waals surface area contributed by atoms with Crippen molar-refractivity contribution in [2.45, 2.75) is 12.5 Å². The predicted octanol–water partition coefficient (Wildman–Crippen LogP) is 2.79. The smallest absolute Gasteiger partial charge is 0.449 e. The summed E-state index contributed by atoms with van der Waals surface area (Å²) in [6, 6.07) is -0.0627. The Hall–Kier alpha value is -2.23. The van der Waals surface area contributed by atoms with Crippen LogP contribution in [0.15, 0.2) is 60.2 Å². The molecule has 4 nitrogen and oxygen atoms in total. The van der Waals surface area contributed by atoms with Crippen LogP contribution in [0.1, 0.15) is 6.42 Å². The average molecular weight is 243 g/mol. The Morgan fingerprint density at radius 1 is 1.33 bits per heavy atom. The monoisotopic (exact) mass is 243 g/mol. The molecule has 0 radical (unpaired) electrons. The standard InChI is InChI=1S/C14H13NO3/c16-14(17)18-12-6-3-8-15-9-7-10-4-1-2-5-11(10)13(12)15/h1-4,6-9,11,13H,5H2,(H,16,17). The first-order valence-corrected chi connectivity index (χ1v) is 5.87. The lowest BCUT2D eigenvalue weighted by atomic mass is 9.81. The number of ether oxygens (including phenoxy) is 1. The lowest BCUT2D eigenvalue weighted by Gasteiger charge is -2.40. The summed E-state index contributed by atoms with van der Waals surface area (Å²) in [5, 5.41) is 8.80. The molecule has 0 saturated carbocycles. The number of rotatable bonds is 1. The molecule has 0 fully saturated rings. The van der Waals surface area contributed by atoms with Crippen molar-refractivity contribution in [3.63, 3.8) is 0 Å². The number of hydrogen-bond acceptors (Lipinski definition) is 3. The van der Waals surface area contributed by atoms with E-state index in [0.717, 1.165) is 6.42 Å². The number of carboxylic acid groups (broad SMARTS) is 1. The van der Waals surface area contributed by atoms with Crippen molar-refractivity contribution < 1.29 is 14.6 Å². The summed E-state index contributed by atoms with van der Waals surface area (Å²) in [7, 11) is 0. The van der Waals surface area contributed by atoms with E-state index in [4.69, 9.17) is 9.84 Å². The Morgan fingerprint density at radius 3 is 3.06 bits per heavy atom. The Labute approximate surface area is 105 Å². The number of fused-ring (bicyclic) bond motifs is 3. The van der Waals surface area contributed by atoms with Crippen LogP contribution in [0.5, 0.6) is 0 Å². The summed E-state index contributed by atoms with van der Waals surface area (Å²) in [5.41, 5.74) is 1.22.